The Balaban J connectivity index is 1.73. The van der Waals surface area contributed by atoms with Crippen molar-refractivity contribution >= 4 is 11.8 Å². The summed E-state index contributed by atoms with van der Waals surface area (Å²) in [5, 5.41) is 0. The lowest BCUT2D eigenvalue weighted by Gasteiger charge is -2.32. The molecule has 0 spiro atoms. The zero-order valence-corrected chi connectivity index (χ0v) is 18.6. The summed E-state index contributed by atoms with van der Waals surface area (Å²) in [5.41, 5.74) is 2.37. The fraction of sp³-hybridized carbons (Fsp3) is 0.417. The minimum Gasteiger partial charge on any atom is -0.493 e. The van der Waals surface area contributed by atoms with Crippen LogP contribution in [0.3, 0.4) is 0 Å². The highest BCUT2D eigenvalue weighted by atomic mass is 16.5. The lowest BCUT2D eigenvalue weighted by Crippen LogP contribution is -2.42. The van der Waals surface area contributed by atoms with Gasteiger partial charge in [0.1, 0.15) is 0 Å². The van der Waals surface area contributed by atoms with E-state index in [1.165, 1.54) is 0 Å². The molecule has 2 heterocycles. The van der Waals surface area contributed by atoms with Gasteiger partial charge in [0.15, 0.2) is 11.5 Å². The number of morpholine rings is 1. The fourth-order valence-corrected chi connectivity index (χ4v) is 4.34. The summed E-state index contributed by atoms with van der Waals surface area (Å²) in [6.07, 6.45) is 0.151. The van der Waals surface area contributed by atoms with E-state index in [2.05, 4.69) is 0 Å². The van der Waals surface area contributed by atoms with Crippen LogP contribution in [0.5, 0.6) is 17.2 Å². The molecule has 0 aromatic heterocycles. The number of fused-ring (bicyclic) bond motifs is 1. The standard InChI is InChI=1S/C24H28N2O6/c1-29-20-12-17(13-21(30-2)23(20)31-3)19(14-22(27)25-8-10-32-11-9-25)26-15-16-6-4-5-7-18(16)24(26)28/h4-7,12-13,19H,8-11,14-15H2,1-3H3/t19-/m1/s1. The maximum atomic E-state index is 13.3. The van der Waals surface area contributed by atoms with Gasteiger partial charge in [-0.05, 0) is 29.3 Å². The molecule has 8 nitrogen and oxygen atoms in total. The van der Waals surface area contributed by atoms with Crippen LogP contribution in [-0.2, 0) is 16.1 Å². The average Bonchev–Trinajstić information content (AvgIpc) is 3.18. The summed E-state index contributed by atoms with van der Waals surface area (Å²) in [7, 11) is 4.64. The summed E-state index contributed by atoms with van der Waals surface area (Å²) in [6.45, 7) is 2.58. The average molecular weight is 440 g/mol. The van der Waals surface area contributed by atoms with Crippen LogP contribution < -0.4 is 14.2 Å². The first-order valence-corrected chi connectivity index (χ1v) is 10.6. The molecule has 1 fully saturated rings. The Morgan fingerprint density at radius 1 is 1.03 bits per heavy atom. The number of hydrogen-bond donors (Lipinski definition) is 0. The number of benzene rings is 2. The third-order valence-electron chi connectivity index (χ3n) is 6.03. The number of hydrogen-bond acceptors (Lipinski definition) is 6. The molecule has 4 rings (SSSR count). The molecule has 0 bridgehead atoms. The molecule has 0 radical (unpaired) electrons. The summed E-state index contributed by atoms with van der Waals surface area (Å²) in [6, 6.07) is 10.7. The second-order valence-corrected chi connectivity index (χ2v) is 7.76. The SMILES string of the molecule is COc1cc([C@@H](CC(=O)N2CCOCC2)N2Cc3ccccc3C2=O)cc(OC)c1OC. The third kappa shape index (κ3) is 4.10. The molecular weight excluding hydrogens is 412 g/mol. The maximum absolute atomic E-state index is 13.3. The number of rotatable bonds is 7. The predicted octanol–water partition coefficient (Wildman–Crippen LogP) is 2.66. The Morgan fingerprint density at radius 3 is 2.28 bits per heavy atom. The number of amides is 2. The van der Waals surface area contributed by atoms with Crippen molar-refractivity contribution in [3.63, 3.8) is 0 Å². The highest BCUT2D eigenvalue weighted by Gasteiger charge is 2.36. The van der Waals surface area contributed by atoms with Crippen molar-refractivity contribution in [2.45, 2.75) is 19.0 Å². The molecule has 0 aliphatic carbocycles. The Hall–Kier alpha value is -3.26. The summed E-state index contributed by atoms with van der Waals surface area (Å²) < 4.78 is 21.9. The Kier molecular flexibility index (Phi) is 6.50. The van der Waals surface area contributed by atoms with Crippen LogP contribution in [-0.4, -0.2) is 69.2 Å². The second kappa shape index (κ2) is 9.48. The first-order valence-electron chi connectivity index (χ1n) is 10.6. The summed E-state index contributed by atoms with van der Waals surface area (Å²) in [4.78, 5) is 30.0. The van der Waals surface area contributed by atoms with Crippen molar-refractivity contribution in [3.8, 4) is 17.2 Å². The van der Waals surface area contributed by atoms with Gasteiger partial charge < -0.3 is 28.7 Å². The Morgan fingerprint density at radius 2 is 1.69 bits per heavy atom. The third-order valence-corrected chi connectivity index (χ3v) is 6.03. The molecule has 2 aromatic rings. The Labute approximate surface area is 187 Å². The molecule has 2 aliphatic heterocycles. The van der Waals surface area contributed by atoms with Gasteiger partial charge in [0.2, 0.25) is 11.7 Å². The van der Waals surface area contributed by atoms with Crippen molar-refractivity contribution in [3.05, 3.63) is 53.1 Å². The molecule has 1 atom stereocenters. The molecule has 0 N–H and O–H groups in total. The van der Waals surface area contributed by atoms with E-state index in [9.17, 15) is 9.59 Å². The molecule has 170 valence electrons. The molecule has 2 aromatic carbocycles. The minimum absolute atomic E-state index is 0.0178. The molecular formula is C24H28N2O6. The van der Waals surface area contributed by atoms with E-state index in [4.69, 9.17) is 18.9 Å². The van der Waals surface area contributed by atoms with Crippen LogP contribution in [0.1, 0.15) is 33.9 Å². The van der Waals surface area contributed by atoms with Gasteiger partial charge in [0.05, 0.1) is 47.0 Å². The predicted molar refractivity (Wildman–Crippen MR) is 117 cm³/mol. The summed E-state index contributed by atoms with van der Waals surface area (Å²) >= 11 is 0. The normalized spacial score (nSPS) is 16.5. The maximum Gasteiger partial charge on any atom is 0.255 e. The van der Waals surface area contributed by atoms with E-state index in [1.54, 1.807) is 31.1 Å². The molecule has 0 saturated carbocycles. The van der Waals surface area contributed by atoms with Crippen LogP contribution >= 0.6 is 0 Å². The minimum atomic E-state index is -0.487. The first-order chi connectivity index (χ1) is 15.6. The van der Waals surface area contributed by atoms with Gasteiger partial charge in [-0.15, -0.1) is 0 Å². The van der Waals surface area contributed by atoms with E-state index in [0.29, 0.717) is 55.7 Å². The topological polar surface area (TPSA) is 77.5 Å². The lowest BCUT2D eigenvalue weighted by molar-refractivity contribution is -0.136. The number of carbonyl (C=O) groups is 2. The largest absolute Gasteiger partial charge is 0.493 e. The van der Waals surface area contributed by atoms with Crippen molar-refractivity contribution in [2.24, 2.45) is 0 Å². The van der Waals surface area contributed by atoms with Crippen molar-refractivity contribution in [1.82, 2.24) is 9.80 Å². The molecule has 0 unspecified atom stereocenters. The number of methoxy groups -OCH3 is 3. The van der Waals surface area contributed by atoms with Gasteiger partial charge in [-0.3, -0.25) is 9.59 Å². The quantitative estimate of drug-likeness (QED) is 0.659. The molecule has 32 heavy (non-hydrogen) atoms. The molecule has 2 amide bonds. The van der Waals surface area contributed by atoms with Gasteiger partial charge >= 0.3 is 0 Å². The highest BCUT2D eigenvalue weighted by Crippen LogP contribution is 2.43. The second-order valence-electron chi connectivity index (χ2n) is 7.76. The van der Waals surface area contributed by atoms with Crippen LogP contribution in [0.2, 0.25) is 0 Å². The number of ether oxygens (including phenoxy) is 4. The smallest absolute Gasteiger partial charge is 0.255 e. The monoisotopic (exact) mass is 440 g/mol. The van der Waals surface area contributed by atoms with Crippen LogP contribution in [0, 0.1) is 0 Å². The van der Waals surface area contributed by atoms with E-state index < -0.39 is 6.04 Å². The van der Waals surface area contributed by atoms with Gasteiger partial charge in [0, 0.05) is 25.2 Å². The van der Waals surface area contributed by atoms with Gasteiger partial charge in [0.25, 0.3) is 5.91 Å². The van der Waals surface area contributed by atoms with Gasteiger partial charge in [-0.1, -0.05) is 18.2 Å². The lowest BCUT2D eigenvalue weighted by atomic mass is 9.99. The van der Waals surface area contributed by atoms with E-state index in [0.717, 1.165) is 11.1 Å². The fourth-order valence-electron chi connectivity index (χ4n) is 4.34. The Bertz CT molecular complexity index is 977. The first kappa shape index (κ1) is 22.0. The van der Waals surface area contributed by atoms with Gasteiger partial charge in [-0.2, -0.15) is 0 Å². The molecule has 1 saturated heterocycles. The van der Waals surface area contributed by atoms with Gasteiger partial charge in [-0.25, -0.2) is 0 Å². The number of carbonyl (C=O) groups excluding carboxylic acids is 2. The van der Waals surface area contributed by atoms with E-state index >= 15 is 0 Å². The molecule has 2 aliphatic rings. The van der Waals surface area contributed by atoms with E-state index in [1.807, 2.05) is 36.4 Å². The van der Waals surface area contributed by atoms with Crippen molar-refractivity contribution < 1.29 is 28.5 Å². The van der Waals surface area contributed by atoms with Crippen LogP contribution in [0.25, 0.3) is 0 Å². The van der Waals surface area contributed by atoms with Crippen LogP contribution in [0.15, 0.2) is 36.4 Å². The number of nitrogens with zero attached hydrogens (tertiary/aromatic N) is 2. The van der Waals surface area contributed by atoms with Crippen LogP contribution in [0.4, 0.5) is 0 Å². The highest BCUT2D eigenvalue weighted by molar-refractivity contribution is 5.99. The van der Waals surface area contributed by atoms with E-state index in [-0.39, 0.29) is 18.2 Å². The zero-order chi connectivity index (χ0) is 22.7. The summed E-state index contributed by atoms with van der Waals surface area (Å²) in [5.74, 6) is 1.32. The molecule has 8 heteroatoms. The van der Waals surface area contributed by atoms with Crippen molar-refractivity contribution in [2.75, 3.05) is 47.6 Å². The van der Waals surface area contributed by atoms with Crippen molar-refractivity contribution in [1.29, 1.82) is 0 Å². The zero-order valence-electron chi connectivity index (χ0n) is 18.6.